The average molecular weight is 338 g/mol. The van der Waals surface area contributed by atoms with Crippen molar-refractivity contribution in [2.45, 2.75) is 13.1 Å². The van der Waals surface area contributed by atoms with Crippen LogP contribution in [0.1, 0.15) is 5.56 Å². The number of nitrogens with zero attached hydrogens (tertiary/aromatic N) is 3. The first-order valence-corrected chi connectivity index (χ1v) is 7.62. The van der Waals surface area contributed by atoms with Gasteiger partial charge in [-0.15, -0.1) is 0 Å². The first-order valence-electron chi connectivity index (χ1n) is 7.62. The Labute approximate surface area is 143 Å². The van der Waals surface area contributed by atoms with Crippen molar-refractivity contribution < 1.29 is 9.18 Å². The summed E-state index contributed by atoms with van der Waals surface area (Å²) in [7, 11) is 0. The molecule has 3 aromatic rings. The summed E-state index contributed by atoms with van der Waals surface area (Å²) < 4.78 is 14.6. The van der Waals surface area contributed by atoms with E-state index in [1.54, 1.807) is 48.8 Å². The molecule has 0 radical (unpaired) electrons. The van der Waals surface area contributed by atoms with Crippen molar-refractivity contribution in [1.29, 1.82) is 0 Å². The maximum Gasteiger partial charge on any atom is 0.267 e. The van der Waals surface area contributed by atoms with E-state index in [-0.39, 0.29) is 18.6 Å². The number of aromatic nitrogens is 3. The van der Waals surface area contributed by atoms with Gasteiger partial charge in [-0.05, 0) is 24.3 Å². The van der Waals surface area contributed by atoms with Crippen LogP contribution in [0.3, 0.4) is 0 Å². The Morgan fingerprint density at radius 3 is 2.60 bits per heavy atom. The van der Waals surface area contributed by atoms with Gasteiger partial charge in [-0.1, -0.05) is 18.2 Å². The van der Waals surface area contributed by atoms with Gasteiger partial charge >= 0.3 is 0 Å². The van der Waals surface area contributed by atoms with Crippen LogP contribution in [0, 0.1) is 5.82 Å². The fourth-order valence-corrected chi connectivity index (χ4v) is 2.27. The molecule has 1 aromatic carbocycles. The first-order chi connectivity index (χ1) is 12.1. The normalized spacial score (nSPS) is 10.4. The number of hydrogen-bond donors (Lipinski definition) is 1. The van der Waals surface area contributed by atoms with E-state index in [1.165, 1.54) is 12.1 Å². The number of halogens is 1. The lowest BCUT2D eigenvalue weighted by Crippen LogP contribution is -2.33. The van der Waals surface area contributed by atoms with Gasteiger partial charge in [-0.3, -0.25) is 14.6 Å². The van der Waals surface area contributed by atoms with Crippen LogP contribution < -0.4 is 10.9 Å². The Bertz CT molecular complexity index is 941. The summed E-state index contributed by atoms with van der Waals surface area (Å²) in [5.41, 5.74) is 1.33. The minimum atomic E-state index is -0.426. The molecule has 0 fully saturated rings. The molecule has 0 aliphatic heterocycles. The van der Waals surface area contributed by atoms with Crippen LogP contribution in [0.5, 0.6) is 0 Å². The predicted molar refractivity (Wildman–Crippen MR) is 90.0 cm³/mol. The topological polar surface area (TPSA) is 76.9 Å². The van der Waals surface area contributed by atoms with E-state index in [0.717, 1.165) is 10.2 Å². The number of pyridine rings is 1. The van der Waals surface area contributed by atoms with Crippen LogP contribution >= 0.6 is 0 Å². The molecule has 3 rings (SSSR count). The van der Waals surface area contributed by atoms with Gasteiger partial charge in [0.15, 0.2) is 0 Å². The van der Waals surface area contributed by atoms with Crippen LogP contribution in [0.15, 0.2) is 65.7 Å². The van der Waals surface area contributed by atoms with E-state index < -0.39 is 11.7 Å². The van der Waals surface area contributed by atoms with Crippen molar-refractivity contribution in [1.82, 2.24) is 20.1 Å². The molecule has 0 spiro atoms. The monoisotopic (exact) mass is 338 g/mol. The molecule has 0 bridgehead atoms. The van der Waals surface area contributed by atoms with Gasteiger partial charge in [-0.25, -0.2) is 9.07 Å². The lowest BCUT2D eigenvalue weighted by Gasteiger charge is -2.09. The van der Waals surface area contributed by atoms with Gasteiger partial charge in [0, 0.05) is 36.1 Å². The van der Waals surface area contributed by atoms with Crippen molar-refractivity contribution in [2.75, 3.05) is 0 Å². The van der Waals surface area contributed by atoms with Crippen molar-refractivity contribution >= 4 is 5.91 Å². The molecule has 0 unspecified atom stereocenters. The molecule has 1 N–H and O–H groups in total. The summed E-state index contributed by atoms with van der Waals surface area (Å²) in [4.78, 5) is 27.9. The molecule has 0 saturated carbocycles. The molecule has 0 atom stereocenters. The predicted octanol–water partition coefficient (Wildman–Crippen LogP) is 1.76. The van der Waals surface area contributed by atoms with Crippen molar-refractivity contribution in [2.24, 2.45) is 0 Å². The summed E-state index contributed by atoms with van der Waals surface area (Å²) in [6.07, 6.45) is 3.24. The van der Waals surface area contributed by atoms with Gasteiger partial charge in [-0.2, -0.15) is 5.10 Å². The Morgan fingerprint density at radius 1 is 1.08 bits per heavy atom. The minimum Gasteiger partial charge on any atom is -0.350 e. The third kappa shape index (κ3) is 4.14. The SMILES string of the molecule is O=C(Cn1nc(-c2ccncc2)ccc1=O)NCc1ccccc1F. The summed E-state index contributed by atoms with van der Waals surface area (Å²) in [6.45, 7) is -0.198. The maximum absolute atomic E-state index is 13.5. The Morgan fingerprint density at radius 2 is 1.84 bits per heavy atom. The van der Waals surface area contributed by atoms with E-state index in [0.29, 0.717) is 11.3 Å². The number of rotatable bonds is 5. The minimum absolute atomic E-state index is 0.0459. The smallest absolute Gasteiger partial charge is 0.267 e. The second-order valence-corrected chi connectivity index (χ2v) is 5.32. The quantitative estimate of drug-likeness (QED) is 0.769. The number of carbonyl (C=O) groups excluding carboxylic acids is 1. The molecule has 0 aliphatic carbocycles. The third-order valence-electron chi connectivity index (χ3n) is 3.57. The summed E-state index contributed by atoms with van der Waals surface area (Å²) in [5, 5.41) is 6.78. The van der Waals surface area contributed by atoms with Crippen LogP contribution in [-0.4, -0.2) is 20.7 Å². The highest BCUT2D eigenvalue weighted by atomic mass is 19.1. The van der Waals surface area contributed by atoms with Gasteiger partial charge in [0.05, 0.1) is 5.69 Å². The largest absolute Gasteiger partial charge is 0.350 e. The van der Waals surface area contributed by atoms with Gasteiger partial charge in [0.1, 0.15) is 12.4 Å². The third-order valence-corrected chi connectivity index (χ3v) is 3.57. The average Bonchev–Trinajstić information content (AvgIpc) is 2.63. The van der Waals surface area contributed by atoms with Crippen molar-refractivity contribution in [3.05, 3.63) is 82.7 Å². The van der Waals surface area contributed by atoms with Gasteiger partial charge in [0.2, 0.25) is 5.91 Å². The molecule has 6 nitrogen and oxygen atoms in total. The molecule has 7 heteroatoms. The van der Waals surface area contributed by atoms with E-state index in [9.17, 15) is 14.0 Å². The van der Waals surface area contributed by atoms with E-state index in [4.69, 9.17) is 0 Å². The Hall–Kier alpha value is -3.35. The summed E-state index contributed by atoms with van der Waals surface area (Å²) in [6, 6.07) is 12.6. The van der Waals surface area contributed by atoms with Crippen molar-refractivity contribution in [3.63, 3.8) is 0 Å². The molecule has 2 heterocycles. The molecule has 0 saturated heterocycles. The summed E-state index contributed by atoms with van der Waals surface area (Å²) in [5.74, 6) is -0.817. The zero-order valence-corrected chi connectivity index (χ0v) is 13.2. The van der Waals surface area contributed by atoms with E-state index in [1.807, 2.05) is 0 Å². The van der Waals surface area contributed by atoms with Crippen LogP contribution in [-0.2, 0) is 17.9 Å². The second kappa shape index (κ2) is 7.48. The molecular formula is C18H15FN4O2. The highest BCUT2D eigenvalue weighted by molar-refractivity contribution is 5.75. The zero-order valence-electron chi connectivity index (χ0n) is 13.2. The fourth-order valence-electron chi connectivity index (χ4n) is 2.27. The standard InChI is InChI=1S/C18H15FN4O2/c19-15-4-2-1-3-14(15)11-21-17(24)12-23-18(25)6-5-16(22-23)13-7-9-20-10-8-13/h1-10H,11-12H2,(H,21,24). The van der Waals surface area contributed by atoms with E-state index in [2.05, 4.69) is 15.4 Å². The number of hydrogen-bond acceptors (Lipinski definition) is 4. The molecule has 126 valence electrons. The van der Waals surface area contributed by atoms with E-state index >= 15 is 0 Å². The molecule has 0 aliphatic rings. The van der Waals surface area contributed by atoms with Gasteiger partial charge < -0.3 is 5.32 Å². The lowest BCUT2D eigenvalue weighted by molar-refractivity contribution is -0.122. The van der Waals surface area contributed by atoms with Crippen LogP contribution in [0.25, 0.3) is 11.3 Å². The van der Waals surface area contributed by atoms with Crippen LogP contribution in [0.2, 0.25) is 0 Å². The van der Waals surface area contributed by atoms with Gasteiger partial charge in [0.25, 0.3) is 5.56 Å². The highest BCUT2D eigenvalue weighted by Crippen LogP contribution is 2.13. The van der Waals surface area contributed by atoms with Crippen molar-refractivity contribution in [3.8, 4) is 11.3 Å². The zero-order chi connectivity index (χ0) is 17.6. The Balaban J connectivity index is 1.71. The second-order valence-electron chi connectivity index (χ2n) is 5.32. The maximum atomic E-state index is 13.5. The molecule has 1 amide bonds. The number of carbonyl (C=O) groups is 1. The lowest BCUT2D eigenvalue weighted by atomic mass is 10.2. The molecule has 2 aromatic heterocycles. The number of amides is 1. The molecular weight excluding hydrogens is 323 g/mol. The molecule has 25 heavy (non-hydrogen) atoms. The Kier molecular flexibility index (Phi) is 4.94. The number of benzene rings is 1. The fraction of sp³-hybridized carbons (Fsp3) is 0.111. The summed E-state index contributed by atoms with van der Waals surface area (Å²) >= 11 is 0. The van der Waals surface area contributed by atoms with Crippen LogP contribution in [0.4, 0.5) is 4.39 Å². The first kappa shape index (κ1) is 16.5. The number of nitrogens with one attached hydrogen (secondary N) is 1. The highest BCUT2D eigenvalue weighted by Gasteiger charge is 2.09.